The Hall–Kier alpha value is -1.84. The summed E-state index contributed by atoms with van der Waals surface area (Å²) in [4.78, 5) is 23.0. The highest BCUT2D eigenvalue weighted by Crippen LogP contribution is 2.60. The minimum absolute atomic E-state index is 0.121. The lowest BCUT2D eigenvalue weighted by molar-refractivity contribution is -0.137. The van der Waals surface area contributed by atoms with Crippen molar-refractivity contribution in [3.05, 3.63) is 35.4 Å². The fourth-order valence-electron chi connectivity index (χ4n) is 4.44. The molecule has 0 saturated heterocycles. The lowest BCUT2D eigenvalue weighted by atomic mass is 9.78. The van der Waals surface area contributed by atoms with Crippen molar-refractivity contribution in [2.24, 2.45) is 5.92 Å². The highest BCUT2D eigenvalue weighted by Gasteiger charge is 2.59. The lowest BCUT2D eigenvalue weighted by Crippen LogP contribution is -2.30. The van der Waals surface area contributed by atoms with Crippen LogP contribution in [-0.2, 0) is 21.4 Å². The Morgan fingerprint density at radius 2 is 1.88 bits per heavy atom. The highest BCUT2D eigenvalue weighted by molar-refractivity contribution is 5.84. The maximum absolute atomic E-state index is 12.5. The molecule has 0 bridgehead atoms. The number of carbonyl (C=O) groups is 2. The number of amides is 1. The third-order valence-electron chi connectivity index (χ3n) is 5.88. The van der Waals surface area contributed by atoms with Gasteiger partial charge < -0.3 is 10.4 Å². The Balaban J connectivity index is 1.36. The first-order valence-corrected chi connectivity index (χ1v) is 9.71. The molecule has 0 aromatic heterocycles. The van der Waals surface area contributed by atoms with Gasteiger partial charge in [0.2, 0.25) is 5.91 Å². The molecule has 3 rings (SSSR count). The third-order valence-corrected chi connectivity index (χ3v) is 5.88. The van der Waals surface area contributed by atoms with Gasteiger partial charge in [-0.3, -0.25) is 9.59 Å². The monoisotopic (exact) mass is 343 g/mol. The Labute approximate surface area is 150 Å². The zero-order valence-corrected chi connectivity index (χ0v) is 14.9. The van der Waals surface area contributed by atoms with Gasteiger partial charge in [-0.1, -0.05) is 43.5 Å². The number of carboxylic acids is 1. The Morgan fingerprint density at radius 1 is 1.12 bits per heavy atom. The van der Waals surface area contributed by atoms with E-state index in [1.54, 1.807) is 0 Å². The van der Waals surface area contributed by atoms with Crippen molar-refractivity contribution in [3.63, 3.8) is 0 Å². The zero-order chi connectivity index (χ0) is 17.7. The third kappa shape index (κ3) is 4.23. The van der Waals surface area contributed by atoms with Crippen LogP contribution < -0.4 is 5.32 Å². The molecule has 1 aromatic carbocycles. The van der Waals surface area contributed by atoms with E-state index in [0.717, 1.165) is 57.9 Å². The number of carboxylic acid groups (broad SMARTS) is 1. The molecule has 1 fully saturated rings. The van der Waals surface area contributed by atoms with E-state index >= 15 is 0 Å². The van der Waals surface area contributed by atoms with Gasteiger partial charge in [-0.05, 0) is 49.7 Å². The average molecular weight is 343 g/mol. The maximum Gasteiger partial charge on any atom is 0.303 e. The molecule has 0 radical (unpaired) electrons. The number of carbonyl (C=O) groups excluding carboxylic acids is 1. The zero-order valence-electron chi connectivity index (χ0n) is 14.9. The Bertz CT molecular complexity index is 627. The lowest BCUT2D eigenvalue weighted by Gasteiger charge is -2.26. The summed E-state index contributed by atoms with van der Waals surface area (Å²) in [5.74, 6) is -0.331. The van der Waals surface area contributed by atoms with E-state index in [4.69, 9.17) is 5.11 Å². The van der Waals surface area contributed by atoms with Crippen LogP contribution >= 0.6 is 0 Å². The summed E-state index contributed by atoms with van der Waals surface area (Å²) in [5.41, 5.74) is 2.97. The summed E-state index contributed by atoms with van der Waals surface area (Å²) in [7, 11) is 0. The second-order valence-electron chi connectivity index (χ2n) is 7.63. The number of hydrogen-bond donors (Lipinski definition) is 2. The molecule has 2 aliphatic rings. The summed E-state index contributed by atoms with van der Waals surface area (Å²) in [6.45, 7) is 0.742. The van der Waals surface area contributed by atoms with Gasteiger partial charge in [0, 0.05) is 24.3 Å². The van der Waals surface area contributed by atoms with Gasteiger partial charge in [0.25, 0.3) is 0 Å². The van der Waals surface area contributed by atoms with Crippen molar-refractivity contribution in [1.82, 2.24) is 5.32 Å². The van der Waals surface area contributed by atoms with Crippen molar-refractivity contribution in [1.29, 1.82) is 0 Å². The number of aliphatic carboxylic acids is 1. The van der Waals surface area contributed by atoms with E-state index in [-0.39, 0.29) is 23.7 Å². The number of fused-ring (bicyclic) bond motifs is 2. The number of rotatable bonds is 9. The summed E-state index contributed by atoms with van der Waals surface area (Å²) >= 11 is 0. The fraction of sp³-hybridized carbons (Fsp3) is 0.619. The maximum atomic E-state index is 12.5. The molecule has 2 unspecified atom stereocenters. The SMILES string of the molecule is O=C(O)CCCCCCCNC(=O)C1CC12CCCc1ccccc12. The topological polar surface area (TPSA) is 66.4 Å². The van der Waals surface area contributed by atoms with Crippen LogP contribution in [0.3, 0.4) is 0 Å². The van der Waals surface area contributed by atoms with Crippen LogP contribution in [-0.4, -0.2) is 23.5 Å². The first kappa shape index (κ1) is 18.0. The molecular formula is C21H29NO3. The first-order chi connectivity index (χ1) is 12.1. The number of nitrogens with one attached hydrogen (secondary N) is 1. The normalized spacial score (nSPS) is 23.9. The predicted molar refractivity (Wildman–Crippen MR) is 97.5 cm³/mol. The van der Waals surface area contributed by atoms with Crippen molar-refractivity contribution in [2.75, 3.05) is 6.54 Å². The first-order valence-electron chi connectivity index (χ1n) is 9.71. The number of aryl methyl sites for hydroxylation is 1. The molecule has 1 saturated carbocycles. The van der Waals surface area contributed by atoms with Gasteiger partial charge in [0.15, 0.2) is 0 Å². The molecular weight excluding hydrogens is 314 g/mol. The van der Waals surface area contributed by atoms with Gasteiger partial charge >= 0.3 is 5.97 Å². The quantitative estimate of drug-likeness (QED) is 0.670. The fourth-order valence-corrected chi connectivity index (χ4v) is 4.44. The Kier molecular flexibility index (Phi) is 5.77. The van der Waals surface area contributed by atoms with Crippen LogP contribution in [0.4, 0.5) is 0 Å². The summed E-state index contributed by atoms with van der Waals surface area (Å²) in [6, 6.07) is 8.64. The van der Waals surface area contributed by atoms with Crippen LogP contribution in [0, 0.1) is 5.92 Å². The smallest absolute Gasteiger partial charge is 0.303 e. The van der Waals surface area contributed by atoms with Gasteiger partial charge in [-0.25, -0.2) is 0 Å². The van der Waals surface area contributed by atoms with E-state index in [0.29, 0.717) is 0 Å². The molecule has 1 aromatic rings. The Morgan fingerprint density at radius 3 is 2.72 bits per heavy atom. The second kappa shape index (κ2) is 8.03. The summed E-state index contributed by atoms with van der Waals surface area (Å²) < 4.78 is 0. The van der Waals surface area contributed by atoms with Gasteiger partial charge in [-0.2, -0.15) is 0 Å². The van der Waals surface area contributed by atoms with Gasteiger partial charge in [0.05, 0.1) is 0 Å². The number of unbranched alkanes of at least 4 members (excludes halogenated alkanes) is 4. The molecule has 1 spiro atoms. The van der Waals surface area contributed by atoms with E-state index in [2.05, 4.69) is 29.6 Å². The summed E-state index contributed by atoms with van der Waals surface area (Å²) in [6.07, 6.45) is 9.55. The molecule has 1 amide bonds. The standard InChI is InChI=1S/C21H29NO3/c23-19(24)12-4-2-1-3-7-14-22-20(25)18-15-21(18)13-8-10-16-9-5-6-11-17(16)21/h5-6,9,11,18H,1-4,7-8,10,12-15H2,(H,22,25)(H,23,24). The molecule has 4 nitrogen and oxygen atoms in total. The minimum atomic E-state index is -0.713. The highest BCUT2D eigenvalue weighted by atomic mass is 16.4. The van der Waals surface area contributed by atoms with Crippen molar-refractivity contribution in [3.8, 4) is 0 Å². The van der Waals surface area contributed by atoms with Crippen LogP contribution in [0.15, 0.2) is 24.3 Å². The minimum Gasteiger partial charge on any atom is -0.481 e. The van der Waals surface area contributed by atoms with Gasteiger partial charge in [-0.15, -0.1) is 0 Å². The molecule has 136 valence electrons. The van der Waals surface area contributed by atoms with Crippen LogP contribution in [0.2, 0.25) is 0 Å². The molecule has 2 N–H and O–H groups in total. The van der Waals surface area contributed by atoms with E-state index < -0.39 is 5.97 Å². The molecule has 0 heterocycles. The van der Waals surface area contributed by atoms with Crippen LogP contribution in [0.25, 0.3) is 0 Å². The van der Waals surface area contributed by atoms with E-state index in [9.17, 15) is 9.59 Å². The van der Waals surface area contributed by atoms with Crippen molar-refractivity contribution in [2.45, 2.75) is 69.6 Å². The molecule has 2 atom stereocenters. The van der Waals surface area contributed by atoms with Crippen molar-refractivity contribution >= 4 is 11.9 Å². The van der Waals surface area contributed by atoms with E-state index in [1.807, 2.05) is 0 Å². The molecule has 0 aliphatic heterocycles. The molecule has 2 aliphatic carbocycles. The average Bonchev–Trinajstić information content (AvgIpc) is 3.32. The molecule has 4 heteroatoms. The number of benzene rings is 1. The largest absolute Gasteiger partial charge is 0.481 e. The van der Waals surface area contributed by atoms with Crippen LogP contribution in [0.1, 0.15) is 68.9 Å². The van der Waals surface area contributed by atoms with Gasteiger partial charge in [0.1, 0.15) is 0 Å². The van der Waals surface area contributed by atoms with Crippen molar-refractivity contribution < 1.29 is 14.7 Å². The van der Waals surface area contributed by atoms with E-state index in [1.165, 1.54) is 17.5 Å². The summed E-state index contributed by atoms with van der Waals surface area (Å²) in [5, 5.41) is 11.7. The number of hydrogen-bond acceptors (Lipinski definition) is 2. The van der Waals surface area contributed by atoms with Crippen LogP contribution in [0.5, 0.6) is 0 Å². The molecule has 25 heavy (non-hydrogen) atoms. The predicted octanol–water partition coefficient (Wildman–Crippen LogP) is 3.82. The second-order valence-corrected chi connectivity index (χ2v) is 7.63.